The Kier molecular flexibility index (Phi) is 2.63. The summed E-state index contributed by atoms with van der Waals surface area (Å²) in [5.41, 5.74) is -0.507. The molecule has 1 aromatic carbocycles. The molecule has 90 valence electrons. The number of hydrogen-bond acceptors (Lipinski definition) is 3. The Balaban J connectivity index is 2.31. The lowest BCUT2D eigenvalue weighted by Crippen LogP contribution is -2.50. The van der Waals surface area contributed by atoms with Gasteiger partial charge in [0.05, 0.1) is 0 Å². The van der Waals surface area contributed by atoms with Gasteiger partial charge in [-0.1, -0.05) is 18.2 Å². The molecule has 0 radical (unpaired) electrons. The summed E-state index contributed by atoms with van der Waals surface area (Å²) in [6.07, 6.45) is 0. The third-order valence-corrected chi connectivity index (χ3v) is 2.97. The maximum atomic E-state index is 12.2. The molecular weight excluding hydrogens is 220 g/mol. The topological polar surface area (TPSA) is 60.9 Å². The summed E-state index contributed by atoms with van der Waals surface area (Å²) in [4.78, 5) is 25.0. The molecule has 0 bridgehead atoms. The smallest absolute Gasteiger partial charge is 0.267 e. The first-order valence-electron chi connectivity index (χ1n) is 5.33. The number of hydrogen-bond donors (Lipinski definition) is 1. The van der Waals surface area contributed by atoms with Crippen LogP contribution in [-0.2, 0) is 4.79 Å². The van der Waals surface area contributed by atoms with Crippen LogP contribution in [0.5, 0.6) is 0 Å². The first-order chi connectivity index (χ1) is 7.94. The van der Waals surface area contributed by atoms with Crippen LogP contribution in [-0.4, -0.2) is 39.2 Å². The summed E-state index contributed by atoms with van der Waals surface area (Å²) in [5, 5.41) is 10.2. The van der Waals surface area contributed by atoms with Crippen LogP contribution in [0.25, 0.3) is 0 Å². The fraction of sp³-hybridized carbons (Fsp3) is 0.333. The van der Waals surface area contributed by atoms with Crippen LogP contribution >= 0.6 is 0 Å². The van der Waals surface area contributed by atoms with Crippen LogP contribution in [0.3, 0.4) is 0 Å². The summed E-state index contributed by atoms with van der Waals surface area (Å²) in [6.45, 7) is 3.15. The lowest BCUT2D eigenvalue weighted by Gasteiger charge is -2.33. The molecule has 0 saturated carbocycles. The van der Waals surface area contributed by atoms with Crippen LogP contribution in [0.4, 0.5) is 0 Å². The molecule has 0 unspecified atom stereocenters. The Hall–Kier alpha value is -1.88. The minimum atomic E-state index is -1.01. The van der Waals surface area contributed by atoms with Crippen LogP contribution < -0.4 is 0 Å². The second kappa shape index (κ2) is 3.85. The number of benzene rings is 1. The molecule has 0 aliphatic carbocycles. The van der Waals surface area contributed by atoms with Crippen molar-refractivity contribution in [2.75, 3.05) is 6.54 Å². The summed E-state index contributed by atoms with van der Waals surface area (Å²) >= 11 is 0. The van der Waals surface area contributed by atoms with E-state index in [9.17, 15) is 14.8 Å². The van der Waals surface area contributed by atoms with Crippen LogP contribution in [0.15, 0.2) is 30.3 Å². The number of carbonyl (C=O) groups is 2. The van der Waals surface area contributed by atoms with Crippen LogP contribution in [0, 0.1) is 0 Å². The van der Waals surface area contributed by atoms with Crippen molar-refractivity contribution < 1.29 is 14.8 Å². The van der Waals surface area contributed by atoms with Gasteiger partial charge in [-0.15, -0.1) is 0 Å². The van der Waals surface area contributed by atoms with E-state index in [1.807, 2.05) is 6.07 Å². The second-order valence-electron chi connectivity index (χ2n) is 4.46. The van der Waals surface area contributed by atoms with Gasteiger partial charge in [0.2, 0.25) is 0 Å². The van der Waals surface area contributed by atoms with Gasteiger partial charge in [0.1, 0.15) is 12.2 Å². The quantitative estimate of drug-likeness (QED) is 0.740. The van der Waals surface area contributed by atoms with E-state index in [2.05, 4.69) is 0 Å². The van der Waals surface area contributed by atoms with E-state index < -0.39 is 11.6 Å². The molecule has 1 saturated heterocycles. The number of rotatable bonds is 1. The Bertz CT molecular complexity index is 456. The van der Waals surface area contributed by atoms with E-state index in [1.54, 1.807) is 38.1 Å². The lowest BCUT2D eigenvalue weighted by molar-refractivity contribution is -0.183. The summed E-state index contributed by atoms with van der Waals surface area (Å²) in [7, 11) is 0. The maximum absolute atomic E-state index is 12.2. The van der Waals surface area contributed by atoms with Gasteiger partial charge in [-0.05, 0) is 26.0 Å². The van der Waals surface area contributed by atoms with Gasteiger partial charge in [-0.3, -0.25) is 14.8 Å². The fourth-order valence-corrected chi connectivity index (χ4v) is 1.87. The third-order valence-electron chi connectivity index (χ3n) is 2.97. The van der Waals surface area contributed by atoms with Gasteiger partial charge < -0.3 is 4.90 Å². The molecular formula is C12H14N2O3. The predicted octanol–water partition coefficient (Wildman–Crippen LogP) is 1.10. The zero-order valence-corrected chi connectivity index (χ0v) is 9.75. The van der Waals surface area contributed by atoms with Crippen molar-refractivity contribution in [3.63, 3.8) is 0 Å². The van der Waals surface area contributed by atoms with E-state index in [0.29, 0.717) is 10.6 Å². The molecule has 1 N–H and O–H groups in total. The highest BCUT2D eigenvalue weighted by Crippen LogP contribution is 2.26. The van der Waals surface area contributed by atoms with Crippen LogP contribution in [0.1, 0.15) is 24.2 Å². The molecule has 1 aromatic rings. The normalized spacial score (nSPS) is 18.6. The van der Waals surface area contributed by atoms with Gasteiger partial charge >= 0.3 is 0 Å². The van der Waals surface area contributed by atoms with Crippen molar-refractivity contribution >= 4 is 11.8 Å². The van der Waals surface area contributed by atoms with Gasteiger partial charge in [-0.25, -0.2) is 0 Å². The Morgan fingerprint density at radius 3 is 2.35 bits per heavy atom. The summed E-state index contributed by atoms with van der Waals surface area (Å²) in [5.74, 6) is -0.736. The van der Waals surface area contributed by atoms with Crippen molar-refractivity contribution in [2.45, 2.75) is 19.5 Å². The first-order valence-corrected chi connectivity index (χ1v) is 5.33. The maximum Gasteiger partial charge on any atom is 0.267 e. The largest absolute Gasteiger partial charge is 0.304 e. The highest BCUT2D eigenvalue weighted by molar-refractivity contribution is 5.98. The molecule has 2 amide bonds. The van der Waals surface area contributed by atoms with Crippen molar-refractivity contribution in [3.05, 3.63) is 35.9 Å². The molecule has 1 heterocycles. The van der Waals surface area contributed by atoms with Crippen molar-refractivity contribution in [3.8, 4) is 0 Å². The summed E-state index contributed by atoms with van der Waals surface area (Å²) in [6, 6.07) is 8.70. The molecule has 1 aliphatic rings. The number of nitrogens with zero attached hydrogens (tertiary/aromatic N) is 2. The molecule has 1 aliphatic heterocycles. The molecule has 0 atom stereocenters. The Morgan fingerprint density at radius 2 is 1.88 bits per heavy atom. The minimum Gasteiger partial charge on any atom is -0.304 e. The predicted molar refractivity (Wildman–Crippen MR) is 60.2 cm³/mol. The molecule has 2 rings (SSSR count). The highest BCUT2D eigenvalue weighted by atomic mass is 16.5. The minimum absolute atomic E-state index is 0.1000. The summed E-state index contributed by atoms with van der Waals surface area (Å²) < 4.78 is 0. The Labute approximate surface area is 99.2 Å². The molecule has 17 heavy (non-hydrogen) atoms. The standard InChI is InChI=1S/C12H14N2O3/c1-12(2)13(8-10(15)14(12)17)11(16)9-6-4-3-5-7-9/h3-7,17H,8H2,1-2H3. The Morgan fingerprint density at radius 1 is 1.29 bits per heavy atom. The molecule has 5 heteroatoms. The second-order valence-corrected chi connectivity index (χ2v) is 4.46. The van der Waals surface area contributed by atoms with Crippen molar-refractivity contribution in [2.24, 2.45) is 0 Å². The first kappa shape index (κ1) is 11.6. The molecule has 0 aromatic heterocycles. The fourth-order valence-electron chi connectivity index (χ4n) is 1.87. The van der Waals surface area contributed by atoms with Gasteiger partial charge in [0.25, 0.3) is 11.8 Å². The van der Waals surface area contributed by atoms with Gasteiger partial charge in [0, 0.05) is 5.56 Å². The number of carbonyl (C=O) groups excluding carboxylic acids is 2. The third kappa shape index (κ3) is 1.78. The van der Waals surface area contributed by atoms with Crippen molar-refractivity contribution in [1.82, 2.24) is 9.96 Å². The van der Waals surface area contributed by atoms with Gasteiger partial charge in [0.15, 0.2) is 0 Å². The SMILES string of the molecule is CC1(C)N(O)C(=O)CN1C(=O)c1ccccc1. The van der Waals surface area contributed by atoms with Gasteiger partial charge in [-0.2, -0.15) is 5.06 Å². The van der Waals surface area contributed by atoms with E-state index in [1.165, 1.54) is 4.90 Å². The van der Waals surface area contributed by atoms with Crippen molar-refractivity contribution in [1.29, 1.82) is 0 Å². The monoisotopic (exact) mass is 234 g/mol. The molecule has 1 fully saturated rings. The number of hydroxylamine groups is 2. The van der Waals surface area contributed by atoms with E-state index in [-0.39, 0.29) is 12.5 Å². The van der Waals surface area contributed by atoms with Crippen LogP contribution in [0.2, 0.25) is 0 Å². The highest BCUT2D eigenvalue weighted by Gasteiger charge is 2.46. The average molecular weight is 234 g/mol. The number of amides is 2. The molecule has 0 spiro atoms. The average Bonchev–Trinajstić information content (AvgIpc) is 2.53. The zero-order valence-electron chi connectivity index (χ0n) is 9.75. The zero-order chi connectivity index (χ0) is 12.6. The van der Waals surface area contributed by atoms with E-state index in [4.69, 9.17) is 0 Å². The van der Waals surface area contributed by atoms with E-state index >= 15 is 0 Å². The lowest BCUT2D eigenvalue weighted by atomic mass is 10.1. The molecule has 5 nitrogen and oxygen atoms in total. The van der Waals surface area contributed by atoms with E-state index in [0.717, 1.165) is 0 Å².